The second-order valence-electron chi connectivity index (χ2n) is 3.62. The predicted octanol–water partition coefficient (Wildman–Crippen LogP) is 3.32. The molecule has 0 saturated heterocycles. The van der Waals surface area contributed by atoms with Gasteiger partial charge in [0.2, 0.25) is 5.78 Å². The Morgan fingerprint density at radius 3 is 2.37 bits per heavy atom. The third kappa shape index (κ3) is 2.56. The number of furan rings is 1. The number of ether oxygens (including phenoxy) is 2. The quantitative estimate of drug-likeness (QED) is 0.808. The summed E-state index contributed by atoms with van der Waals surface area (Å²) in [6.07, 6.45) is 0. The summed E-state index contributed by atoms with van der Waals surface area (Å²) in [7, 11) is 2.78. The van der Waals surface area contributed by atoms with Crippen molar-refractivity contribution in [3.05, 3.63) is 46.6 Å². The smallest absolute Gasteiger partial charge is 0.231 e. The first kappa shape index (κ1) is 13.4. The van der Waals surface area contributed by atoms with Gasteiger partial charge in [0.15, 0.2) is 22.5 Å². The fraction of sp³-hybridized carbons (Fsp3) is 0.154. The number of carbonyl (C=O) groups is 1. The molecule has 0 N–H and O–H groups in total. The first-order chi connectivity index (χ1) is 9.06. The molecule has 1 aromatic carbocycles. The topological polar surface area (TPSA) is 48.7 Å². The molecule has 0 unspecified atom stereocenters. The average Bonchev–Trinajstić information content (AvgIpc) is 2.84. The van der Waals surface area contributed by atoms with E-state index >= 15 is 0 Å². The van der Waals surface area contributed by atoms with Gasteiger partial charge in [-0.3, -0.25) is 4.79 Å². The van der Waals surface area contributed by atoms with E-state index in [0.29, 0.717) is 0 Å². The molecule has 1 aromatic heterocycles. The van der Waals surface area contributed by atoms with E-state index in [2.05, 4.69) is 0 Å². The standard InChI is InChI=1S/C13H10ClFO4/c1-17-10-5-7(8(15)6-11(10)18-2)13(16)9-3-4-12(14)19-9/h3-6H,1-2H3. The third-order valence-corrected chi connectivity index (χ3v) is 2.72. The number of hydrogen-bond donors (Lipinski definition) is 0. The molecule has 0 bridgehead atoms. The molecule has 100 valence electrons. The summed E-state index contributed by atoms with van der Waals surface area (Å²) >= 11 is 5.58. The van der Waals surface area contributed by atoms with Crippen LogP contribution in [-0.2, 0) is 0 Å². The van der Waals surface area contributed by atoms with Crippen LogP contribution in [0.2, 0.25) is 5.22 Å². The van der Waals surface area contributed by atoms with Crippen molar-refractivity contribution in [2.24, 2.45) is 0 Å². The molecule has 4 nitrogen and oxygen atoms in total. The highest BCUT2D eigenvalue weighted by Gasteiger charge is 2.20. The lowest BCUT2D eigenvalue weighted by atomic mass is 10.1. The number of ketones is 1. The van der Waals surface area contributed by atoms with Crippen molar-refractivity contribution in [3.8, 4) is 11.5 Å². The third-order valence-electron chi connectivity index (χ3n) is 2.51. The molecule has 0 spiro atoms. The molecule has 0 fully saturated rings. The lowest BCUT2D eigenvalue weighted by Crippen LogP contribution is -2.04. The molecule has 1 heterocycles. The highest BCUT2D eigenvalue weighted by atomic mass is 35.5. The van der Waals surface area contributed by atoms with Gasteiger partial charge in [-0.1, -0.05) is 0 Å². The van der Waals surface area contributed by atoms with Crippen molar-refractivity contribution in [3.63, 3.8) is 0 Å². The van der Waals surface area contributed by atoms with E-state index in [1.54, 1.807) is 0 Å². The van der Waals surface area contributed by atoms with Crippen LogP contribution >= 0.6 is 11.6 Å². The van der Waals surface area contributed by atoms with Gasteiger partial charge in [-0.15, -0.1) is 0 Å². The molecule has 19 heavy (non-hydrogen) atoms. The van der Waals surface area contributed by atoms with Crippen molar-refractivity contribution in [2.45, 2.75) is 0 Å². The summed E-state index contributed by atoms with van der Waals surface area (Å²) in [6, 6.07) is 5.12. The van der Waals surface area contributed by atoms with Crippen LogP contribution in [0.25, 0.3) is 0 Å². The molecule has 0 aliphatic rings. The van der Waals surface area contributed by atoms with Crippen LogP contribution in [0.4, 0.5) is 4.39 Å². The van der Waals surface area contributed by atoms with E-state index in [0.717, 1.165) is 6.07 Å². The maximum Gasteiger partial charge on any atom is 0.231 e. The average molecular weight is 285 g/mol. The zero-order chi connectivity index (χ0) is 14.0. The molecule has 0 aliphatic heterocycles. The molecule has 0 amide bonds. The lowest BCUT2D eigenvalue weighted by molar-refractivity contribution is 0.100. The van der Waals surface area contributed by atoms with Gasteiger partial charge in [0.1, 0.15) is 5.82 Å². The Bertz CT molecular complexity index is 621. The summed E-state index contributed by atoms with van der Waals surface area (Å²) in [5.74, 6) is -0.935. The van der Waals surface area contributed by atoms with Crippen LogP contribution in [0, 0.1) is 5.82 Å². The minimum atomic E-state index is -0.727. The number of halogens is 2. The number of benzene rings is 1. The molecule has 0 radical (unpaired) electrons. The van der Waals surface area contributed by atoms with Crippen molar-refractivity contribution >= 4 is 17.4 Å². The van der Waals surface area contributed by atoms with E-state index in [-0.39, 0.29) is 28.0 Å². The Hall–Kier alpha value is -2.01. The molecule has 0 saturated carbocycles. The van der Waals surface area contributed by atoms with Gasteiger partial charge in [0.25, 0.3) is 0 Å². The Balaban J connectivity index is 2.47. The zero-order valence-corrected chi connectivity index (χ0v) is 11.0. The van der Waals surface area contributed by atoms with Crippen molar-refractivity contribution in [1.82, 2.24) is 0 Å². The van der Waals surface area contributed by atoms with Crippen LogP contribution in [0.15, 0.2) is 28.7 Å². The molecule has 0 aliphatic carbocycles. The summed E-state index contributed by atoms with van der Waals surface area (Å²) in [5.41, 5.74) is -0.177. The number of carbonyl (C=O) groups excluding carboxylic acids is 1. The van der Waals surface area contributed by atoms with E-state index in [9.17, 15) is 9.18 Å². The van der Waals surface area contributed by atoms with Gasteiger partial charge in [-0.05, 0) is 29.8 Å². The van der Waals surface area contributed by atoms with E-state index in [1.807, 2.05) is 0 Å². The maximum absolute atomic E-state index is 13.9. The minimum Gasteiger partial charge on any atom is -0.493 e. The highest BCUT2D eigenvalue weighted by Crippen LogP contribution is 2.31. The molecule has 2 rings (SSSR count). The van der Waals surface area contributed by atoms with Crippen molar-refractivity contribution in [1.29, 1.82) is 0 Å². The molecule has 2 aromatic rings. The van der Waals surface area contributed by atoms with Crippen molar-refractivity contribution in [2.75, 3.05) is 14.2 Å². The molecular formula is C13H10ClFO4. The first-order valence-corrected chi connectivity index (χ1v) is 5.66. The van der Waals surface area contributed by atoms with Gasteiger partial charge in [0.05, 0.1) is 19.8 Å². The lowest BCUT2D eigenvalue weighted by Gasteiger charge is -2.09. The highest BCUT2D eigenvalue weighted by molar-refractivity contribution is 6.29. The van der Waals surface area contributed by atoms with Gasteiger partial charge in [0, 0.05) is 6.07 Å². The van der Waals surface area contributed by atoms with Gasteiger partial charge in [-0.2, -0.15) is 0 Å². The Morgan fingerprint density at radius 2 is 1.84 bits per heavy atom. The Labute approximate surface area is 113 Å². The summed E-state index contributed by atoms with van der Waals surface area (Å²) in [5, 5.41) is 0.0595. The summed E-state index contributed by atoms with van der Waals surface area (Å²) in [4.78, 5) is 12.1. The van der Waals surface area contributed by atoms with Crippen LogP contribution < -0.4 is 9.47 Å². The number of hydrogen-bond acceptors (Lipinski definition) is 4. The van der Waals surface area contributed by atoms with Crippen molar-refractivity contribution < 1.29 is 23.1 Å². The monoisotopic (exact) mass is 284 g/mol. The molecule has 0 atom stereocenters. The van der Waals surface area contributed by atoms with Crippen LogP contribution in [-0.4, -0.2) is 20.0 Å². The predicted molar refractivity (Wildman–Crippen MR) is 66.7 cm³/mol. The zero-order valence-electron chi connectivity index (χ0n) is 10.2. The van der Waals surface area contributed by atoms with Crippen LogP contribution in [0.1, 0.15) is 16.1 Å². The van der Waals surface area contributed by atoms with Gasteiger partial charge in [-0.25, -0.2) is 4.39 Å². The second kappa shape index (κ2) is 5.32. The van der Waals surface area contributed by atoms with Gasteiger partial charge < -0.3 is 13.9 Å². The normalized spacial score (nSPS) is 10.3. The largest absolute Gasteiger partial charge is 0.493 e. The Morgan fingerprint density at radius 1 is 1.21 bits per heavy atom. The number of rotatable bonds is 4. The Kier molecular flexibility index (Phi) is 3.76. The first-order valence-electron chi connectivity index (χ1n) is 5.28. The summed E-state index contributed by atoms with van der Waals surface area (Å²) < 4.78 is 28.8. The maximum atomic E-state index is 13.9. The molecule has 6 heteroatoms. The van der Waals surface area contributed by atoms with Gasteiger partial charge >= 0.3 is 0 Å². The fourth-order valence-corrected chi connectivity index (χ4v) is 1.74. The minimum absolute atomic E-state index is 0.0453. The second-order valence-corrected chi connectivity index (χ2v) is 3.99. The van der Waals surface area contributed by atoms with E-state index in [1.165, 1.54) is 32.4 Å². The number of methoxy groups -OCH3 is 2. The van der Waals surface area contributed by atoms with E-state index in [4.69, 9.17) is 25.5 Å². The summed E-state index contributed by atoms with van der Waals surface area (Å²) in [6.45, 7) is 0. The van der Waals surface area contributed by atoms with Crippen LogP contribution in [0.3, 0.4) is 0 Å². The van der Waals surface area contributed by atoms with E-state index < -0.39 is 11.6 Å². The fourth-order valence-electron chi connectivity index (χ4n) is 1.60. The SMILES string of the molecule is COc1cc(F)c(C(=O)c2ccc(Cl)o2)cc1OC. The van der Waals surface area contributed by atoms with Crippen LogP contribution in [0.5, 0.6) is 11.5 Å². The molecular weight excluding hydrogens is 275 g/mol.